The Hall–Kier alpha value is -0.830. The molecule has 1 aromatic rings. The van der Waals surface area contributed by atoms with Crippen LogP contribution >= 0.6 is 0 Å². The molecule has 0 atom stereocenters. The third-order valence-electron chi connectivity index (χ3n) is 2.06. The summed E-state index contributed by atoms with van der Waals surface area (Å²) < 4.78 is 1.97. The first kappa shape index (κ1) is 9.26. The van der Waals surface area contributed by atoms with E-state index in [-0.39, 0.29) is 5.54 Å². The number of aromatic nitrogens is 2. The van der Waals surface area contributed by atoms with Gasteiger partial charge < -0.3 is 9.88 Å². The molecule has 0 saturated carbocycles. The molecule has 0 aliphatic carbocycles. The number of nitrogens with zero attached hydrogens (tertiary/aromatic N) is 2. The number of hydrogen-bond acceptors (Lipinski definition) is 2. The standard InChI is InChI=1S/C9H17N3/c1-9(2,10-3)5-8-6-12(4)7-11-8/h6-7,10H,5H2,1-4H3. The molecule has 0 fully saturated rings. The predicted molar refractivity (Wildman–Crippen MR) is 50.1 cm³/mol. The van der Waals surface area contributed by atoms with E-state index in [1.54, 1.807) is 0 Å². The molecule has 0 saturated heterocycles. The molecule has 68 valence electrons. The minimum absolute atomic E-state index is 0.133. The van der Waals surface area contributed by atoms with Crippen LogP contribution in [-0.2, 0) is 13.5 Å². The van der Waals surface area contributed by atoms with Crippen molar-refractivity contribution in [2.24, 2.45) is 7.05 Å². The maximum atomic E-state index is 4.27. The fourth-order valence-corrected chi connectivity index (χ4v) is 1.10. The maximum absolute atomic E-state index is 4.27. The van der Waals surface area contributed by atoms with E-state index < -0.39 is 0 Å². The first-order valence-electron chi connectivity index (χ1n) is 4.19. The van der Waals surface area contributed by atoms with Crippen molar-refractivity contribution in [2.45, 2.75) is 25.8 Å². The number of likely N-dealkylation sites (N-methyl/N-ethyl adjacent to an activating group) is 1. The molecule has 3 nitrogen and oxygen atoms in total. The fourth-order valence-electron chi connectivity index (χ4n) is 1.10. The molecular weight excluding hydrogens is 150 g/mol. The quantitative estimate of drug-likeness (QED) is 0.726. The molecule has 0 spiro atoms. The highest BCUT2D eigenvalue weighted by Crippen LogP contribution is 2.09. The Morgan fingerprint density at radius 3 is 2.67 bits per heavy atom. The molecular formula is C9H17N3. The molecule has 0 aromatic carbocycles. The number of aryl methyl sites for hydroxylation is 1. The van der Waals surface area contributed by atoms with E-state index >= 15 is 0 Å². The van der Waals surface area contributed by atoms with Gasteiger partial charge in [-0.1, -0.05) is 0 Å². The minimum atomic E-state index is 0.133. The van der Waals surface area contributed by atoms with Crippen LogP contribution in [0.4, 0.5) is 0 Å². The van der Waals surface area contributed by atoms with Crippen molar-refractivity contribution in [2.75, 3.05) is 7.05 Å². The Balaban J connectivity index is 2.63. The molecule has 1 rings (SSSR count). The predicted octanol–water partition coefficient (Wildman–Crippen LogP) is 0.961. The van der Waals surface area contributed by atoms with Gasteiger partial charge in [0, 0.05) is 25.2 Å². The molecule has 0 aliphatic rings. The summed E-state index contributed by atoms with van der Waals surface area (Å²) in [5, 5.41) is 3.25. The van der Waals surface area contributed by atoms with Crippen molar-refractivity contribution in [1.82, 2.24) is 14.9 Å². The lowest BCUT2D eigenvalue weighted by atomic mass is 9.99. The van der Waals surface area contributed by atoms with Crippen LogP contribution in [0.3, 0.4) is 0 Å². The molecule has 0 bridgehead atoms. The summed E-state index contributed by atoms with van der Waals surface area (Å²) in [6.07, 6.45) is 4.85. The fraction of sp³-hybridized carbons (Fsp3) is 0.667. The second kappa shape index (κ2) is 3.27. The summed E-state index contributed by atoms with van der Waals surface area (Å²) in [6.45, 7) is 4.34. The van der Waals surface area contributed by atoms with E-state index in [2.05, 4.69) is 30.3 Å². The van der Waals surface area contributed by atoms with Crippen molar-refractivity contribution in [3.05, 3.63) is 18.2 Å². The van der Waals surface area contributed by atoms with E-state index in [0.29, 0.717) is 0 Å². The van der Waals surface area contributed by atoms with Crippen molar-refractivity contribution in [1.29, 1.82) is 0 Å². The zero-order valence-corrected chi connectivity index (χ0v) is 8.26. The van der Waals surface area contributed by atoms with Crippen molar-refractivity contribution in [3.63, 3.8) is 0 Å². The van der Waals surface area contributed by atoms with Crippen molar-refractivity contribution >= 4 is 0 Å². The van der Waals surface area contributed by atoms with Gasteiger partial charge in [-0.15, -0.1) is 0 Å². The summed E-state index contributed by atoms with van der Waals surface area (Å²) in [4.78, 5) is 4.27. The van der Waals surface area contributed by atoms with Gasteiger partial charge in [0.25, 0.3) is 0 Å². The third-order valence-corrected chi connectivity index (χ3v) is 2.06. The molecule has 1 heterocycles. The molecule has 3 heteroatoms. The average molecular weight is 167 g/mol. The second-order valence-electron chi connectivity index (χ2n) is 3.84. The van der Waals surface area contributed by atoms with Gasteiger partial charge in [0.1, 0.15) is 0 Å². The highest BCUT2D eigenvalue weighted by molar-refractivity contribution is 5.01. The number of nitrogens with one attached hydrogen (secondary N) is 1. The topological polar surface area (TPSA) is 29.9 Å². The van der Waals surface area contributed by atoms with Crippen molar-refractivity contribution < 1.29 is 0 Å². The Morgan fingerprint density at radius 2 is 2.25 bits per heavy atom. The van der Waals surface area contributed by atoms with E-state index in [9.17, 15) is 0 Å². The molecule has 0 amide bonds. The Bertz CT molecular complexity index is 250. The van der Waals surface area contributed by atoms with E-state index in [1.165, 1.54) is 0 Å². The lowest BCUT2D eigenvalue weighted by Crippen LogP contribution is -2.38. The van der Waals surface area contributed by atoms with Crippen LogP contribution in [0.15, 0.2) is 12.5 Å². The highest BCUT2D eigenvalue weighted by atomic mass is 15.0. The molecule has 1 aromatic heterocycles. The van der Waals surface area contributed by atoms with Gasteiger partial charge in [-0.05, 0) is 20.9 Å². The van der Waals surface area contributed by atoms with E-state index in [0.717, 1.165) is 12.1 Å². The van der Waals surface area contributed by atoms with Gasteiger partial charge in [0.05, 0.1) is 12.0 Å². The minimum Gasteiger partial charge on any atom is -0.340 e. The number of hydrogen-bond donors (Lipinski definition) is 1. The van der Waals surface area contributed by atoms with Gasteiger partial charge in [0.15, 0.2) is 0 Å². The monoisotopic (exact) mass is 167 g/mol. The van der Waals surface area contributed by atoms with Crippen LogP contribution in [0.25, 0.3) is 0 Å². The summed E-state index contributed by atoms with van der Waals surface area (Å²) in [5.74, 6) is 0. The van der Waals surface area contributed by atoms with Crippen LogP contribution in [0.1, 0.15) is 19.5 Å². The smallest absolute Gasteiger partial charge is 0.0946 e. The highest BCUT2D eigenvalue weighted by Gasteiger charge is 2.16. The summed E-state index contributed by atoms with van der Waals surface area (Å²) in [6, 6.07) is 0. The third kappa shape index (κ3) is 2.34. The van der Waals surface area contributed by atoms with Crippen LogP contribution in [0.5, 0.6) is 0 Å². The van der Waals surface area contributed by atoms with Crippen LogP contribution in [0, 0.1) is 0 Å². The van der Waals surface area contributed by atoms with Crippen LogP contribution in [-0.4, -0.2) is 22.1 Å². The molecule has 0 unspecified atom stereocenters. The van der Waals surface area contributed by atoms with Crippen molar-refractivity contribution in [3.8, 4) is 0 Å². The zero-order chi connectivity index (χ0) is 9.19. The van der Waals surface area contributed by atoms with E-state index in [1.807, 2.05) is 25.0 Å². The maximum Gasteiger partial charge on any atom is 0.0946 e. The Morgan fingerprint density at radius 1 is 1.58 bits per heavy atom. The molecule has 0 aliphatic heterocycles. The van der Waals surface area contributed by atoms with Crippen LogP contribution < -0.4 is 5.32 Å². The van der Waals surface area contributed by atoms with Gasteiger partial charge >= 0.3 is 0 Å². The van der Waals surface area contributed by atoms with Gasteiger partial charge in [0.2, 0.25) is 0 Å². The van der Waals surface area contributed by atoms with Gasteiger partial charge in [-0.2, -0.15) is 0 Å². The van der Waals surface area contributed by atoms with Gasteiger partial charge in [-0.25, -0.2) is 4.98 Å². The Kier molecular flexibility index (Phi) is 2.52. The summed E-state index contributed by atoms with van der Waals surface area (Å²) in [5.41, 5.74) is 1.27. The SMILES string of the molecule is CNC(C)(C)Cc1cn(C)cn1. The molecule has 12 heavy (non-hydrogen) atoms. The average Bonchev–Trinajstić information content (AvgIpc) is 2.35. The second-order valence-corrected chi connectivity index (χ2v) is 3.84. The number of imidazole rings is 1. The molecule has 0 radical (unpaired) electrons. The lowest BCUT2D eigenvalue weighted by Gasteiger charge is -2.22. The van der Waals surface area contributed by atoms with Crippen LogP contribution in [0.2, 0.25) is 0 Å². The largest absolute Gasteiger partial charge is 0.340 e. The zero-order valence-electron chi connectivity index (χ0n) is 8.26. The first-order valence-corrected chi connectivity index (χ1v) is 4.19. The van der Waals surface area contributed by atoms with Gasteiger partial charge in [-0.3, -0.25) is 0 Å². The normalized spacial score (nSPS) is 12.0. The summed E-state index contributed by atoms with van der Waals surface area (Å²) >= 11 is 0. The summed E-state index contributed by atoms with van der Waals surface area (Å²) in [7, 11) is 3.96. The Labute approximate surface area is 73.8 Å². The first-order chi connectivity index (χ1) is 5.53. The van der Waals surface area contributed by atoms with E-state index in [4.69, 9.17) is 0 Å². The lowest BCUT2D eigenvalue weighted by molar-refractivity contribution is 0.418. The molecule has 1 N–H and O–H groups in total. The number of rotatable bonds is 3.